The molecule has 76 valence electrons. The fourth-order valence-corrected chi connectivity index (χ4v) is 1.66. The minimum absolute atomic E-state index is 0.729. The van der Waals surface area contributed by atoms with Gasteiger partial charge in [-0.1, -0.05) is 12.2 Å². The maximum absolute atomic E-state index is 4.99. The Balaban J connectivity index is 1.90. The lowest BCUT2D eigenvalue weighted by Crippen LogP contribution is -2.30. The zero-order valence-electron chi connectivity index (χ0n) is 8.59. The van der Waals surface area contributed by atoms with Gasteiger partial charge in [-0.25, -0.2) is 0 Å². The van der Waals surface area contributed by atoms with Gasteiger partial charge in [0.15, 0.2) is 0 Å². The molecule has 0 aromatic heterocycles. The highest BCUT2D eigenvalue weighted by molar-refractivity contribution is 4.92. The number of unbranched alkanes of at least 4 members (excludes halogenated alkanes) is 1. The van der Waals surface area contributed by atoms with Crippen LogP contribution in [-0.2, 0) is 4.74 Å². The molecule has 0 aromatic rings. The van der Waals surface area contributed by atoms with Crippen LogP contribution in [0.1, 0.15) is 32.1 Å². The summed E-state index contributed by atoms with van der Waals surface area (Å²) in [6, 6.07) is 0.729. The van der Waals surface area contributed by atoms with Crippen molar-refractivity contribution in [1.29, 1.82) is 0 Å². The largest absolute Gasteiger partial charge is 0.385 e. The van der Waals surface area contributed by atoms with Crippen LogP contribution in [0.3, 0.4) is 0 Å². The number of ether oxygens (including phenoxy) is 1. The summed E-state index contributed by atoms with van der Waals surface area (Å²) in [5.41, 5.74) is 0. The molecule has 0 fully saturated rings. The second-order valence-electron chi connectivity index (χ2n) is 3.64. The van der Waals surface area contributed by atoms with E-state index in [1.165, 1.54) is 32.1 Å². The van der Waals surface area contributed by atoms with Gasteiger partial charge in [0.25, 0.3) is 0 Å². The van der Waals surface area contributed by atoms with Crippen LogP contribution in [0, 0.1) is 0 Å². The van der Waals surface area contributed by atoms with Gasteiger partial charge < -0.3 is 10.1 Å². The molecular formula is C11H21NO. The summed E-state index contributed by atoms with van der Waals surface area (Å²) in [6.07, 6.45) is 10.7. The lowest BCUT2D eigenvalue weighted by atomic mass is 10.0. The van der Waals surface area contributed by atoms with Crippen molar-refractivity contribution in [3.05, 3.63) is 12.2 Å². The summed E-state index contributed by atoms with van der Waals surface area (Å²) < 4.78 is 4.99. The molecule has 0 spiro atoms. The molecule has 0 radical (unpaired) electrons. The standard InChI is InChI=1S/C11H21NO/c1-13-10-6-5-9-12-11-7-3-2-4-8-11/h2-3,11-12H,4-10H2,1H3. The monoisotopic (exact) mass is 183 g/mol. The van der Waals surface area contributed by atoms with E-state index in [-0.39, 0.29) is 0 Å². The van der Waals surface area contributed by atoms with E-state index in [4.69, 9.17) is 4.74 Å². The van der Waals surface area contributed by atoms with Crippen LogP contribution in [0.15, 0.2) is 12.2 Å². The average molecular weight is 183 g/mol. The van der Waals surface area contributed by atoms with Crippen LogP contribution in [0.5, 0.6) is 0 Å². The molecule has 1 N–H and O–H groups in total. The third-order valence-electron chi connectivity index (χ3n) is 2.48. The second-order valence-corrected chi connectivity index (χ2v) is 3.64. The minimum atomic E-state index is 0.729. The Labute approximate surface area is 81.4 Å². The maximum Gasteiger partial charge on any atom is 0.0462 e. The molecule has 0 aliphatic heterocycles. The van der Waals surface area contributed by atoms with E-state index in [9.17, 15) is 0 Å². The van der Waals surface area contributed by atoms with Crippen LogP contribution in [0.25, 0.3) is 0 Å². The Morgan fingerprint density at radius 3 is 3.00 bits per heavy atom. The predicted molar refractivity (Wildman–Crippen MR) is 55.9 cm³/mol. The second kappa shape index (κ2) is 7.10. The first-order chi connectivity index (χ1) is 6.43. The van der Waals surface area contributed by atoms with Gasteiger partial charge in [-0.15, -0.1) is 0 Å². The molecule has 0 saturated carbocycles. The van der Waals surface area contributed by atoms with Crippen LogP contribution < -0.4 is 5.32 Å². The first kappa shape index (κ1) is 10.7. The van der Waals surface area contributed by atoms with Gasteiger partial charge in [0, 0.05) is 19.8 Å². The van der Waals surface area contributed by atoms with Crippen LogP contribution in [0.2, 0.25) is 0 Å². The van der Waals surface area contributed by atoms with E-state index in [0.717, 1.165) is 19.2 Å². The molecule has 1 atom stereocenters. The third kappa shape index (κ3) is 5.06. The van der Waals surface area contributed by atoms with Crippen LogP contribution in [-0.4, -0.2) is 26.3 Å². The van der Waals surface area contributed by atoms with Crippen molar-refractivity contribution in [2.45, 2.75) is 38.1 Å². The van der Waals surface area contributed by atoms with Gasteiger partial charge in [0.1, 0.15) is 0 Å². The zero-order valence-corrected chi connectivity index (χ0v) is 8.59. The van der Waals surface area contributed by atoms with Crippen molar-refractivity contribution in [3.63, 3.8) is 0 Å². The van der Waals surface area contributed by atoms with E-state index in [1.54, 1.807) is 7.11 Å². The van der Waals surface area contributed by atoms with E-state index >= 15 is 0 Å². The Bertz CT molecular complexity index is 145. The number of nitrogens with one attached hydrogen (secondary N) is 1. The predicted octanol–water partition coefficient (Wildman–Crippen LogP) is 2.11. The molecule has 0 aromatic carbocycles. The SMILES string of the molecule is COCCCCNC1CC=CCC1. The molecule has 2 nitrogen and oxygen atoms in total. The number of hydrogen-bond acceptors (Lipinski definition) is 2. The van der Waals surface area contributed by atoms with Gasteiger partial charge in [-0.05, 0) is 38.6 Å². The van der Waals surface area contributed by atoms with Crippen molar-refractivity contribution in [2.75, 3.05) is 20.3 Å². The molecule has 1 rings (SSSR count). The number of rotatable bonds is 6. The summed E-state index contributed by atoms with van der Waals surface area (Å²) in [5.74, 6) is 0. The Morgan fingerprint density at radius 2 is 2.31 bits per heavy atom. The Hall–Kier alpha value is -0.340. The lowest BCUT2D eigenvalue weighted by molar-refractivity contribution is 0.192. The quantitative estimate of drug-likeness (QED) is 0.503. The fraction of sp³-hybridized carbons (Fsp3) is 0.818. The molecule has 0 amide bonds. The smallest absolute Gasteiger partial charge is 0.0462 e. The minimum Gasteiger partial charge on any atom is -0.385 e. The summed E-state index contributed by atoms with van der Waals surface area (Å²) in [7, 11) is 1.76. The molecule has 0 saturated heterocycles. The molecule has 0 heterocycles. The zero-order chi connectivity index (χ0) is 9.36. The van der Waals surface area contributed by atoms with Gasteiger partial charge in [-0.2, -0.15) is 0 Å². The van der Waals surface area contributed by atoms with Gasteiger partial charge in [0.05, 0.1) is 0 Å². The molecule has 0 bridgehead atoms. The van der Waals surface area contributed by atoms with E-state index in [1.807, 2.05) is 0 Å². The normalized spacial score (nSPS) is 22.1. The molecule has 13 heavy (non-hydrogen) atoms. The van der Waals surface area contributed by atoms with Gasteiger partial charge in [-0.3, -0.25) is 0 Å². The first-order valence-electron chi connectivity index (χ1n) is 5.31. The van der Waals surface area contributed by atoms with Crippen molar-refractivity contribution in [3.8, 4) is 0 Å². The molecule has 2 heteroatoms. The lowest BCUT2D eigenvalue weighted by Gasteiger charge is -2.19. The number of hydrogen-bond donors (Lipinski definition) is 1. The molecule has 1 unspecified atom stereocenters. The summed E-state index contributed by atoms with van der Waals surface area (Å²) >= 11 is 0. The maximum atomic E-state index is 4.99. The summed E-state index contributed by atoms with van der Waals surface area (Å²) in [5, 5.41) is 3.57. The van der Waals surface area contributed by atoms with Crippen LogP contribution >= 0.6 is 0 Å². The Kier molecular flexibility index (Phi) is 5.87. The highest BCUT2D eigenvalue weighted by Crippen LogP contribution is 2.10. The van der Waals surface area contributed by atoms with Gasteiger partial charge >= 0.3 is 0 Å². The van der Waals surface area contributed by atoms with E-state index < -0.39 is 0 Å². The summed E-state index contributed by atoms with van der Waals surface area (Å²) in [6.45, 7) is 2.04. The third-order valence-corrected chi connectivity index (χ3v) is 2.48. The molecule has 1 aliphatic carbocycles. The highest BCUT2D eigenvalue weighted by atomic mass is 16.5. The highest BCUT2D eigenvalue weighted by Gasteiger charge is 2.07. The van der Waals surface area contributed by atoms with E-state index in [0.29, 0.717) is 0 Å². The van der Waals surface area contributed by atoms with Crippen molar-refractivity contribution < 1.29 is 4.74 Å². The number of allylic oxidation sites excluding steroid dienone is 1. The van der Waals surface area contributed by atoms with Crippen molar-refractivity contribution >= 4 is 0 Å². The first-order valence-corrected chi connectivity index (χ1v) is 5.31. The molecule has 1 aliphatic rings. The fourth-order valence-electron chi connectivity index (χ4n) is 1.66. The van der Waals surface area contributed by atoms with Crippen molar-refractivity contribution in [1.82, 2.24) is 5.32 Å². The van der Waals surface area contributed by atoms with Gasteiger partial charge in [0.2, 0.25) is 0 Å². The van der Waals surface area contributed by atoms with Crippen LogP contribution in [0.4, 0.5) is 0 Å². The summed E-state index contributed by atoms with van der Waals surface area (Å²) in [4.78, 5) is 0. The average Bonchev–Trinajstić information content (AvgIpc) is 2.19. The molecular weight excluding hydrogens is 162 g/mol. The topological polar surface area (TPSA) is 21.3 Å². The Morgan fingerprint density at radius 1 is 1.38 bits per heavy atom. The number of methoxy groups -OCH3 is 1. The van der Waals surface area contributed by atoms with E-state index in [2.05, 4.69) is 17.5 Å². The van der Waals surface area contributed by atoms with Crippen molar-refractivity contribution in [2.24, 2.45) is 0 Å².